The number of carbonyl (C=O) groups is 1. The molecule has 0 bridgehead atoms. The maximum absolute atomic E-state index is 14.7. The second-order valence-corrected chi connectivity index (χ2v) is 8.38. The third-order valence-corrected chi connectivity index (χ3v) is 6.17. The lowest BCUT2D eigenvalue weighted by atomic mass is 9.94. The van der Waals surface area contributed by atoms with E-state index in [0.29, 0.717) is 31.7 Å². The van der Waals surface area contributed by atoms with Gasteiger partial charge in [0.2, 0.25) is 0 Å². The van der Waals surface area contributed by atoms with E-state index < -0.39 is 0 Å². The highest BCUT2D eigenvalue weighted by molar-refractivity contribution is 5.69. The van der Waals surface area contributed by atoms with Crippen LogP contribution >= 0.6 is 0 Å². The molecule has 1 heterocycles. The van der Waals surface area contributed by atoms with Gasteiger partial charge in [-0.2, -0.15) is 0 Å². The van der Waals surface area contributed by atoms with Crippen LogP contribution in [0.5, 0.6) is 0 Å². The Hall–Kier alpha value is -2.60. The van der Waals surface area contributed by atoms with E-state index in [1.807, 2.05) is 13.1 Å². The van der Waals surface area contributed by atoms with Crippen molar-refractivity contribution >= 4 is 17.3 Å². The average molecular weight is 443 g/mol. The molecule has 0 aliphatic carbocycles. The monoisotopic (exact) mass is 442 g/mol. The molecule has 0 N–H and O–H groups in total. The molecule has 3 rings (SSSR count). The highest BCUT2D eigenvalue weighted by Crippen LogP contribution is 2.33. The van der Waals surface area contributed by atoms with Gasteiger partial charge in [-0.3, -0.25) is 4.79 Å². The van der Waals surface area contributed by atoms with Crippen molar-refractivity contribution in [1.82, 2.24) is 0 Å². The van der Waals surface area contributed by atoms with Gasteiger partial charge in [-0.15, -0.1) is 0 Å². The van der Waals surface area contributed by atoms with E-state index >= 15 is 0 Å². The summed E-state index contributed by atoms with van der Waals surface area (Å²) < 4.78 is 24.9. The smallest absolute Gasteiger partial charge is 0.306 e. The summed E-state index contributed by atoms with van der Waals surface area (Å²) in [4.78, 5) is 16.1. The third-order valence-electron chi connectivity index (χ3n) is 6.17. The zero-order valence-corrected chi connectivity index (χ0v) is 19.7. The fourth-order valence-corrected chi connectivity index (χ4v) is 4.40. The van der Waals surface area contributed by atoms with Crippen LogP contribution in [0.25, 0.3) is 0 Å². The SMILES string of the molecule is CCOC(=O)CCc1ccc(N(C)Cc2ccc3c(c2C)N(CCOC)CCC3)cc1F. The summed E-state index contributed by atoms with van der Waals surface area (Å²) in [5.74, 6) is -0.581. The van der Waals surface area contributed by atoms with Gasteiger partial charge in [-0.1, -0.05) is 18.2 Å². The summed E-state index contributed by atoms with van der Waals surface area (Å²) in [6, 6.07) is 9.69. The summed E-state index contributed by atoms with van der Waals surface area (Å²) in [5.41, 5.74) is 6.61. The van der Waals surface area contributed by atoms with E-state index in [9.17, 15) is 9.18 Å². The first-order valence-corrected chi connectivity index (χ1v) is 11.4. The van der Waals surface area contributed by atoms with Crippen molar-refractivity contribution in [2.45, 2.75) is 46.1 Å². The topological polar surface area (TPSA) is 42.0 Å². The van der Waals surface area contributed by atoms with Crippen molar-refractivity contribution in [3.05, 3.63) is 58.4 Å². The van der Waals surface area contributed by atoms with E-state index in [-0.39, 0.29) is 18.2 Å². The molecular formula is C26H35FN2O3. The van der Waals surface area contributed by atoms with E-state index in [1.54, 1.807) is 26.2 Å². The van der Waals surface area contributed by atoms with Crippen LogP contribution < -0.4 is 9.80 Å². The van der Waals surface area contributed by atoms with Crippen molar-refractivity contribution in [1.29, 1.82) is 0 Å². The zero-order chi connectivity index (χ0) is 23.1. The number of benzene rings is 2. The number of ether oxygens (including phenoxy) is 2. The minimum absolute atomic E-state index is 0.188. The minimum Gasteiger partial charge on any atom is -0.466 e. The predicted molar refractivity (Wildman–Crippen MR) is 127 cm³/mol. The Morgan fingerprint density at radius 2 is 2.00 bits per heavy atom. The number of anilines is 2. The normalized spacial score (nSPS) is 13.1. The number of hydrogen-bond acceptors (Lipinski definition) is 5. The fraction of sp³-hybridized carbons (Fsp3) is 0.500. The predicted octanol–water partition coefficient (Wildman–Crippen LogP) is 4.67. The minimum atomic E-state index is -0.296. The lowest BCUT2D eigenvalue weighted by molar-refractivity contribution is -0.143. The molecule has 0 saturated carbocycles. The quantitative estimate of drug-likeness (QED) is 0.501. The van der Waals surface area contributed by atoms with Crippen LogP contribution in [0.2, 0.25) is 0 Å². The molecule has 2 aromatic carbocycles. The number of nitrogens with zero attached hydrogens (tertiary/aromatic N) is 2. The Balaban J connectivity index is 1.72. The Morgan fingerprint density at radius 3 is 2.72 bits per heavy atom. The van der Waals surface area contributed by atoms with Gasteiger partial charge in [0.05, 0.1) is 13.2 Å². The first-order chi connectivity index (χ1) is 15.4. The van der Waals surface area contributed by atoms with Gasteiger partial charge in [0.15, 0.2) is 0 Å². The van der Waals surface area contributed by atoms with Gasteiger partial charge in [-0.05, 0) is 67.5 Å². The van der Waals surface area contributed by atoms with Crippen molar-refractivity contribution in [2.75, 3.05) is 50.3 Å². The van der Waals surface area contributed by atoms with Crippen LogP contribution in [0.15, 0.2) is 30.3 Å². The summed E-state index contributed by atoms with van der Waals surface area (Å²) in [6.45, 7) is 7.65. The number of carbonyl (C=O) groups excluding carboxylic acids is 1. The molecule has 5 nitrogen and oxygen atoms in total. The summed E-state index contributed by atoms with van der Waals surface area (Å²) in [6.07, 6.45) is 2.80. The maximum Gasteiger partial charge on any atom is 0.306 e. The van der Waals surface area contributed by atoms with Crippen LogP contribution in [-0.4, -0.2) is 46.4 Å². The summed E-state index contributed by atoms with van der Waals surface area (Å²) >= 11 is 0. The molecule has 174 valence electrons. The van der Waals surface area contributed by atoms with Crippen molar-refractivity contribution in [2.24, 2.45) is 0 Å². The molecule has 32 heavy (non-hydrogen) atoms. The summed E-state index contributed by atoms with van der Waals surface area (Å²) in [5, 5.41) is 0. The van der Waals surface area contributed by atoms with Gasteiger partial charge in [0, 0.05) is 51.6 Å². The van der Waals surface area contributed by atoms with Crippen LogP contribution in [0.3, 0.4) is 0 Å². The van der Waals surface area contributed by atoms with Gasteiger partial charge in [0.1, 0.15) is 5.82 Å². The van der Waals surface area contributed by atoms with E-state index in [1.165, 1.54) is 22.4 Å². The molecule has 0 amide bonds. The molecule has 1 aliphatic rings. The molecule has 0 spiro atoms. The molecule has 0 aromatic heterocycles. The standard InChI is InChI=1S/C26H35FN2O3/c1-5-32-25(30)13-11-20-10-12-23(17-24(20)27)28(3)18-22-9-8-21-7-6-14-29(15-16-31-4)26(21)19(22)2/h8-10,12,17H,5-7,11,13-16,18H2,1-4H3. The fourth-order valence-electron chi connectivity index (χ4n) is 4.40. The van der Waals surface area contributed by atoms with Crippen LogP contribution in [0, 0.1) is 12.7 Å². The van der Waals surface area contributed by atoms with Crippen LogP contribution in [0.1, 0.15) is 42.0 Å². The molecule has 6 heteroatoms. The molecular weight excluding hydrogens is 407 g/mol. The van der Waals surface area contributed by atoms with Crippen LogP contribution in [-0.2, 0) is 33.7 Å². The Morgan fingerprint density at radius 1 is 1.22 bits per heavy atom. The Labute approximate surface area is 191 Å². The highest BCUT2D eigenvalue weighted by atomic mass is 19.1. The molecule has 0 atom stereocenters. The molecule has 0 radical (unpaired) electrons. The van der Waals surface area contributed by atoms with E-state index in [2.05, 4.69) is 28.9 Å². The second kappa shape index (κ2) is 11.3. The van der Waals surface area contributed by atoms with Crippen molar-refractivity contribution in [3.8, 4) is 0 Å². The van der Waals surface area contributed by atoms with Gasteiger partial charge >= 0.3 is 5.97 Å². The Bertz CT molecular complexity index is 932. The van der Waals surface area contributed by atoms with Gasteiger partial charge in [0.25, 0.3) is 0 Å². The lowest BCUT2D eigenvalue weighted by Gasteiger charge is -2.34. The number of methoxy groups -OCH3 is 1. The first kappa shape index (κ1) is 24.1. The number of fused-ring (bicyclic) bond motifs is 1. The first-order valence-electron chi connectivity index (χ1n) is 11.4. The summed E-state index contributed by atoms with van der Waals surface area (Å²) in [7, 11) is 3.72. The van der Waals surface area contributed by atoms with Crippen LogP contribution in [0.4, 0.5) is 15.8 Å². The van der Waals surface area contributed by atoms with Gasteiger partial charge < -0.3 is 19.3 Å². The van der Waals surface area contributed by atoms with Gasteiger partial charge in [-0.25, -0.2) is 4.39 Å². The van der Waals surface area contributed by atoms with Crippen molar-refractivity contribution < 1.29 is 18.7 Å². The molecule has 0 fully saturated rings. The number of hydrogen-bond donors (Lipinski definition) is 0. The largest absolute Gasteiger partial charge is 0.466 e. The Kier molecular flexibility index (Phi) is 8.51. The number of aryl methyl sites for hydroxylation is 2. The molecule has 1 aliphatic heterocycles. The zero-order valence-electron chi connectivity index (χ0n) is 19.7. The third kappa shape index (κ3) is 5.80. The lowest BCUT2D eigenvalue weighted by Crippen LogP contribution is -2.33. The number of halogens is 1. The molecule has 0 saturated heterocycles. The molecule has 0 unspecified atom stereocenters. The highest BCUT2D eigenvalue weighted by Gasteiger charge is 2.21. The van der Waals surface area contributed by atoms with E-state index in [0.717, 1.165) is 31.6 Å². The maximum atomic E-state index is 14.7. The van der Waals surface area contributed by atoms with Crippen molar-refractivity contribution in [3.63, 3.8) is 0 Å². The number of rotatable bonds is 10. The number of esters is 1. The average Bonchev–Trinajstić information content (AvgIpc) is 2.78. The second-order valence-electron chi connectivity index (χ2n) is 8.38. The van der Waals surface area contributed by atoms with E-state index in [4.69, 9.17) is 9.47 Å². The molecule has 2 aromatic rings.